The fourth-order valence-corrected chi connectivity index (χ4v) is 4.54. The number of Topliss-reactive ketones (excluding diaryl/α,β-unsaturated/α-hetero) is 2. The molecule has 2 aromatic carbocycles. The zero-order valence-corrected chi connectivity index (χ0v) is 15.1. The van der Waals surface area contributed by atoms with Gasteiger partial charge < -0.3 is 5.11 Å². The Kier molecular flexibility index (Phi) is 4.20. The van der Waals surface area contributed by atoms with Gasteiger partial charge >= 0.3 is 0 Å². The molecular weight excluding hydrogens is 348 g/mol. The van der Waals surface area contributed by atoms with Crippen LogP contribution in [0.2, 0.25) is 5.02 Å². The molecule has 0 unspecified atom stereocenters. The lowest BCUT2D eigenvalue weighted by Gasteiger charge is -2.40. The fraction of sp³-hybridized carbons (Fsp3) is 0.273. The number of aliphatic hydroxyl groups is 1. The number of halogens is 1. The summed E-state index contributed by atoms with van der Waals surface area (Å²) in [6.07, 6.45) is 4.44. The van der Waals surface area contributed by atoms with Crippen LogP contribution in [-0.4, -0.2) is 16.7 Å². The molecule has 0 heterocycles. The summed E-state index contributed by atoms with van der Waals surface area (Å²) in [7, 11) is 0. The molecule has 0 bridgehead atoms. The Hall–Kier alpha value is -2.39. The zero-order valence-electron chi connectivity index (χ0n) is 14.3. The standard InChI is InChI=1S/C22H19ClO3/c23-15-10-8-14(9-11-15)22(12-4-1-5-13-22)18-19(24)16-6-2-3-7-17(16)20(25)21(18)26/h2-3,6-11,24H,1,4-5,12-13H2. The van der Waals surface area contributed by atoms with Crippen molar-refractivity contribution in [3.63, 3.8) is 0 Å². The molecule has 4 rings (SSSR count). The van der Waals surface area contributed by atoms with E-state index in [4.69, 9.17) is 11.6 Å². The number of ketones is 2. The average Bonchev–Trinajstić information content (AvgIpc) is 2.67. The van der Waals surface area contributed by atoms with Gasteiger partial charge in [0, 0.05) is 21.6 Å². The quantitative estimate of drug-likeness (QED) is 0.736. The maximum Gasteiger partial charge on any atom is 0.234 e. The fourth-order valence-electron chi connectivity index (χ4n) is 4.42. The monoisotopic (exact) mass is 366 g/mol. The molecule has 0 saturated heterocycles. The molecule has 0 atom stereocenters. The molecule has 3 nitrogen and oxygen atoms in total. The van der Waals surface area contributed by atoms with Crippen LogP contribution in [0.5, 0.6) is 0 Å². The van der Waals surface area contributed by atoms with E-state index >= 15 is 0 Å². The van der Waals surface area contributed by atoms with Crippen LogP contribution in [0.15, 0.2) is 54.1 Å². The third-order valence-electron chi connectivity index (χ3n) is 5.68. The minimum atomic E-state index is -0.646. The molecule has 0 aromatic heterocycles. The van der Waals surface area contributed by atoms with Gasteiger partial charge in [0.2, 0.25) is 11.6 Å². The Bertz CT molecular complexity index is 919. The first-order valence-electron chi connectivity index (χ1n) is 8.93. The number of fused-ring (bicyclic) bond motifs is 1. The maximum atomic E-state index is 13.0. The first-order valence-corrected chi connectivity index (χ1v) is 9.30. The highest BCUT2D eigenvalue weighted by Crippen LogP contribution is 2.49. The Morgan fingerprint density at radius 2 is 1.42 bits per heavy atom. The van der Waals surface area contributed by atoms with E-state index < -0.39 is 17.0 Å². The molecule has 26 heavy (non-hydrogen) atoms. The van der Waals surface area contributed by atoms with E-state index in [0.29, 0.717) is 10.6 Å². The summed E-state index contributed by atoms with van der Waals surface area (Å²) in [6.45, 7) is 0. The van der Waals surface area contributed by atoms with Crippen LogP contribution in [-0.2, 0) is 10.2 Å². The van der Waals surface area contributed by atoms with Crippen molar-refractivity contribution in [1.29, 1.82) is 0 Å². The second-order valence-corrected chi connectivity index (χ2v) is 7.51. The van der Waals surface area contributed by atoms with Crippen LogP contribution >= 0.6 is 11.6 Å². The lowest BCUT2D eigenvalue weighted by atomic mass is 9.61. The molecule has 0 radical (unpaired) electrons. The van der Waals surface area contributed by atoms with E-state index in [2.05, 4.69) is 0 Å². The summed E-state index contributed by atoms with van der Waals surface area (Å²) in [6, 6.07) is 14.2. The van der Waals surface area contributed by atoms with Gasteiger partial charge in [-0.3, -0.25) is 9.59 Å². The van der Waals surface area contributed by atoms with E-state index in [9.17, 15) is 14.7 Å². The van der Waals surface area contributed by atoms with Crippen molar-refractivity contribution >= 4 is 28.9 Å². The van der Waals surface area contributed by atoms with Crippen LogP contribution in [0.3, 0.4) is 0 Å². The number of rotatable bonds is 2. The molecule has 2 aromatic rings. The number of carbonyl (C=O) groups is 2. The van der Waals surface area contributed by atoms with Gasteiger partial charge in [-0.2, -0.15) is 0 Å². The van der Waals surface area contributed by atoms with Gasteiger partial charge in [-0.25, -0.2) is 0 Å². The van der Waals surface area contributed by atoms with Crippen molar-refractivity contribution in [2.45, 2.75) is 37.5 Å². The highest BCUT2D eigenvalue weighted by atomic mass is 35.5. The van der Waals surface area contributed by atoms with Crippen LogP contribution < -0.4 is 0 Å². The summed E-state index contributed by atoms with van der Waals surface area (Å²) in [5, 5.41) is 11.6. The summed E-state index contributed by atoms with van der Waals surface area (Å²) in [4.78, 5) is 25.8. The SMILES string of the molecule is O=C1C(=O)c2ccccc2C(O)=C1C1(c2ccc(Cl)cc2)CCCCC1. The van der Waals surface area contributed by atoms with Crippen LogP contribution in [0.25, 0.3) is 5.76 Å². The van der Waals surface area contributed by atoms with E-state index in [1.807, 2.05) is 12.1 Å². The van der Waals surface area contributed by atoms with Gasteiger partial charge in [0.1, 0.15) is 5.76 Å². The molecular formula is C22H19ClO3. The van der Waals surface area contributed by atoms with E-state index in [-0.39, 0.29) is 16.9 Å². The zero-order chi connectivity index (χ0) is 18.3. The van der Waals surface area contributed by atoms with Crippen molar-refractivity contribution in [3.8, 4) is 0 Å². The van der Waals surface area contributed by atoms with Crippen LogP contribution in [0.1, 0.15) is 53.6 Å². The second kappa shape index (κ2) is 6.40. The maximum absolute atomic E-state index is 13.0. The van der Waals surface area contributed by atoms with Crippen LogP contribution in [0.4, 0.5) is 0 Å². The van der Waals surface area contributed by atoms with Gasteiger partial charge in [-0.1, -0.05) is 67.3 Å². The number of carbonyl (C=O) groups excluding carboxylic acids is 2. The minimum absolute atomic E-state index is 0.0537. The number of hydrogen-bond donors (Lipinski definition) is 1. The first kappa shape index (κ1) is 17.0. The normalized spacial score (nSPS) is 19.4. The molecule has 2 aliphatic rings. The molecule has 0 spiro atoms. The molecule has 132 valence electrons. The highest BCUT2D eigenvalue weighted by molar-refractivity contribution is 6.52. The topological polar surface area (TPSA) is 54.4 Å². The number of aliphatic hydroxyl groups excluding tert-OH is 1. The van der Waals surface area contributed by atoms with Crippen molar-refractivity contribution < 1.29 is 14.7 Å². The average molecular weight is 367 g/mol. The summed E-state index contributed by atoms with van der Waals surface area (Å²) in [5.41, 5.74) is 1.27. The first-order chi connectivity index (χ1) is 12.5. The lowest BCUT2D eigenvalue weighted by Crippen LogP contribution is -2.40. The van der Waals surface area contributed by atoms with E-state index in [1.165, 1.54) is 0 Å². The minimum Gasteiger partial charge on any atom is -0.507 e. The predicted octanol–water partition coefficient (Wildman–Crippen LogP) is 5.28. The predicted molar refractivity (Wildman–Crippen MR) is 102 cm³/mol. The molecule has 2 aliphatic carbocycles. The summed E-state index contributed by atoms with van der Waals surface area (Å²) in [5.74, 6) is -1.17. The number of allylic oxidation sites excluding steroid dienone is 1. The van der Waals surface area contributed by atoms with Crippen LogP contribution in [0, 0.1) is 0 Å². The van der Waals surface area contributed by atoms with E-state index in [1.54, 1.807) is 36.4 Å². The Morgan fingerprint density at radius 3 is 2.08 bits per heavy atom. The third-order valence-corrected chi connectivity index (χ3v) is 5.93. The largest absolute Gasteiger partial charge is 0.507 e. The van der Waals surface area contributed by atoms with Crippen molar-refractivity contribution in [2.24, 2.45) is 0 Å². The lowest BCUT2D eigenvalue weighted by molar-refractivity contribution is -0.112. The number of benzene rings is 2. The van der Waals surface area contributed by atoms with Gasteiger partial charge in [0.25, 0.3) is 0 Å². The third kappa shape index (κ3) is 2.50. The summed E-state index contributed by atoms with van der Waals surface area (Å²) >= 11 is 6.05. The summed E-state index contributed by atoms with van der Waals surface area (Å²) < 4.78 is 0. The molecule has 1 fully saturated rings. The highest BCUT2D eigenvalue weighted by Gasteiger charge is 2.47. The van der Waals surface area contributed by atoms with Gasteiger partial charge in [-0.05, 0) is 30.5 Å². The Labute approximate surface area is 157 Å². The molecule has 1 saturated carbocycles. The molecule has 0 amide bonds. The van der Waals surface area contributed by atoms with Crippen molar-refractivity contribution in [3.05, 3.63) is 75.8 Å². The Morgan fingerprint density at radius 1 is 0.808 bits per heavy atom. The van der Waals surface area contributed by atoms with Gasteiger partial charge in [0.05, 0.1) is 5.57 Å². The van der Waals surface area contributed by atoms with Crippen molar-refractivity contribution in [2.75, 3.05) is 0 Å². The molecule has 4 heteroatoms. The number of hydrogen-bond acceptors (Lipinski definition) is 3. The van der Waals surface area contributed by atoms with E-state index in [0.717, 1.165) is 37.7 Å². The Balaban J connectivity index is 1.98. The molecule has 0 aliphatic heterocycles. The smallest absolute Gasteiger partial charge is 0.234 e. The van der Waals surface area contributed by atoms with Gasteiger partial charge in [-0.15, -0.1) is 0 Å². The van der Waals surface area contributed by atoms with Gasteiger partial charge in [0.15, 0.2) is 0 Å². The van der Waals surface area contributed by atoms with Crippen molar-refractivity contribution in [1.82, 2.24) is 0 Å². The molecule has 1 N–H and O–H groups in total. The second-order valence-electron chi connectivity index (χ2n) is 7.08.